The van der Waals surface area contributed by atoms with Gasteiger partial charge in [0.2, 0.25) is 5.91 Å². The predicted molar refractivity (Wildman–Crippen MR) is 116 cm³/mol. The summed E-state index contributed by atoms with van der Waals surface area (Å²) < 4.78 is 11.2. The molecule has 3 aromatic rings. The zero-order valence-electron chi connectivity index (χ0n) is 16.3. The van der Waals surface area contributed by atoms with Crippen LogP contribution in [-0.4, -0.2) is 35.6 Å². The van der Waals surface area contributed by atoms with Gasteiger partial charge in [-0.25, -0.2) is 0 Å². The first-order chi connectivity index (χ1) is 14.6. The van der Waals surface area contributed by atoms with Crippen molar-refractivity contribution in [1.82, 2.24) is 15.3 Å². The number of nitrogens with one attached hydrogen (secondary N) is 1. The number of carbonyl (C=O) groups is 1. The first kappa shape index (κ1) is 19.9. The smallest absolute Gasteiger partial charge is 0.244 e. The molecule has 0 saturated carbocycles. The normalized spacial score (nSPS) is 14.9. The van der Waals surface area contributed by atoms with Crippen LogP contribution in [0.1, 0.15) is 11.1 Å². The van der Waals surface area contributed by atoms with Crippen molar-refractivity contribution in [2.24, 2.45) is 0 Å². The van der Waals surface area contributed by atoms with E-state index in [1.165, 1.54) is 6.08 Å². The van der Waals surface area contributed by atoms with Crippen LogP contribution in [0, 0.1) is 0 Å². The number of methoxy groups -OCH3 is 1. The summed E-state index contributed by atoms with van der Waals surface area (Å²) in [4.78, 5) is 20.7. The first-order valence-corrected chi connectivity index (χ1v) is 9.85. The lowest BCUT2D eigenvalue weighted by Crippen LogP contribution is -2.33. The number of halogens is 1. The molecule has 1 aromatic heterocycles. The molecule has 1 aliphatic rings. The lowest BCUT2D eigenvalue weighted by atomic mass is 10.0. The van der Waals surface area contributed by atoms with Crippen molar-refractivity contribution >= 4 is 23.6 Å². The molecule has 152 valence electrons. The molecule has 2 heterocycles. The minimum atomic E-state index is -0.183. The van der Waals surface area contributed by atoms with Crippen LogP contribution in [0.3, 0.4) is 0 Å². The molecule has 1 atom stereocenters. The fraction of sp³-hybridized carbons (Fsp3) is 0.174. The second-order valence-corrected chi connectivity index (χ2v) is 7.26. The van der Waals surface area contributed by atoms with Crippen molar-refractivity contribution in [3.63, 3.8) is 0 Å². The molecule has 1 amide bonds. The number of ether oxygens (including phenoxy) is 2. The molecule has 1 aliphatic heterocycles. The summed E-state index contributed by atoms with van der Waals surface area (Å²) in [6.07, 6.45) is 8.67. The van der Waals surface area contributed by atoms with Gasteiger partial charge in [0.25, 0.3) is 0 Å². The van der Waals surface area contributed by atoms with Crippen molar-refractivity contribution in [2.75, 3.05) is 13.7 Å². The molecule has 0 fully saturated rings. The second kappa shape index (κ2) is 8.97. The monoisotopic (exact) mass is 421 g/mol. The van der Waals surface area contributed by atoms with Gasteiger partial charge in [-0.3, -0.25) is 14.8 Å². The summed E-state index contributed by atoms with van der Waals surface area (Å²) in [7, 11) is 1.62. The van der Waals surface area contributed by atoms with Crippen LogP contribution in [0.2, 0.25) is 5.02 Å². The fourth-order valence-electron chi connectivity index (χ4n) is 3.30. The fourth-order valence-corrected chi connectivity index (χ4v) is 3.54. The van der Waals surface area contributed by atoms with Crippen molar-refractivity contribution < 1.29 is 14.3 Å². The summed E-state index contributed by atoms with van der Waals surface area (Å²) in [5, 5.41) is 3.51. The van der Waals surface area contributed by atoms with Crippen molar-refractivity contribution in [2.45, 2.75) is 12.5 Å². The highest BCUT2D eigenvalue weighted by Gasteiger charge is 2.27. The van der Waals surface area contributed by atoms with Gasteiger partial charge in [-0.15, -0.1) is 0 Å². The highest BCUT2D eigenvalue weighted by Crippen LogP contribution is 2.40. The molecule has 4 rings (SSSR count). The molecule has 30 heavy (non-hydrogen) atoms. The van der Waals surface area contributed by atoms with E-state index in [-0.39, 0.29) is 12.0 Å². The van der Waals surface area contributed by atoms with Gasteiger partial charge in [0.15, 0.2) is 0 Å². The minimum Gasteiger partial charge on any atom is -0.497 e. The van der Waals surface area contributed by atoms with E-state index in [0.29, 0.717) is 23.7 Å². The van der Waals surface area contributed by atoms with Gasteiger partial charge < -0.3 is 14.8 Å². The zero-order valence-corrected chi connectivity index (χ0v) is 17.1. The number of carbonyl (C=O) groups excluding carboxylic acids is 1. The lowest BCUT2D eigenvalue weighted by molar-refractivity contribution is -0.116. The van der Waals surface area contributed by atoms with E-state index >= 15 is 0 Å². The number of fused-ring (bicyclic) bond motifs is 1. The Labute approximate surface area is 179 Å². The van der Waals surface area contributed by atoms with Gasteiger partial charge in [0.05, 0.1) is 25.5 Å². The highest BCUT2D eigenvalue weighted by atomic mass is 35.5. The Hall–Kier alpha value is -3.38. The molecule has 1 unspecified atom stereocenters. The van der Waals surface area contributed by atoms with E-state index in [2.05, 4.69) is 15.3 Å². The largest absolute Gasteiger partial charge is 0.497 e. The summed E-state index contributed by atoms with van der Waals surface area (Å²) in [6, 6.07) is 11.2. The highest BCUT2D eigenvalue weighted by molar-refractivity contribution is 6.31. The summed E-state index contributed by atoms with van der Waals surface area (Å²) in [5.41, 5.74) is 3.41. The van der Waals surface area contributed by atoms with E-state index in [1.54, 1.807) is 31.8 Å². The van der Waals surface area contributed by atoms with Gasteiger partial charge in [-0.2, -0.15) is 0 Å². The Morgan fingerprint density at radius 1 is 1.30 bits per heavy atom. The molecule has 7 heteroatoms. The van der Waals surface area contributed by atoms with Gasteiger partial charge in [-0.05, 0) is 35.9 Å². The van der Waals surface area contributed by atoms with Crippen molar-refractivity contribution in [1.29, 1.82) is 0 Å². The standard InChI is InChI=1S/C23H20ClN3O3/c1-29-18-5-2-15(3-6-18)4-7-22(28)27-13-19-11-16-10-17(24)12-20(23(16)30-19)21-14-25-8-9-26-21/h2-10,12,14,19H,11,13H2,1H3,(H,27,28)/b7-4+. The molecule has 0 aliphatic carbocycles. The van der Waals surface area contributed by atoms with Crippen LogP contribution < -0.4 is 14.8 Å². The predicted octanol–water partition coefficient (Wildman–Crippen LogP) is 3.94. The molecule has 1 N–H and O–H groups in total. The Balaban J connectivity index is 1.38. The molecule has 0 bridgehead atoms. The Bertz CT molecular complexity index is 1070. The second-order valence-electron chi connectivity index (χ2n) is 6.83. The number of nitrogens with zero attached hydrogens (tertiary/aromatic N) is 2. The quantitative estimate of drug-likeness (QED) is 0.610. The third kappa shape index (κ3) is 4.60. The third-order valence-electron chi connectivity index (χ3n) is 4.75. The molecule has 0 saturated heterocycles. The van der Waals surface area contributed by atoms with Gasteiger partial charge in [-0.1, -0.05) is 23.7 Å². The molecule has 0 radical (unpaired) electrons. The summed E-state index contributed by atoms with van der Waals surface area (Å²) >= 11 is 6.28. The summed E-state index contributed by atoms with van der Waals surface area (Å²) in [5.74, 6) is 1.33. The molecular formula is C23H20ClN3O3. The van der Waals surface area contributed by atoms with E-state index in [9.17, 15) is 4.79 Å². The molecule has 6 nitrogen and oxygen atoms in total. The molecular weight excluding hydrogens is 402 g/mol. The maximum Gasteiger partial charge on any atom is 0.244 e. The molecule has 0 spiro atoms. The molecule has 2 aromatic carbocycles. The van der Waals surface area contributed by atoms with E-state index in [4.69, 9.17) is 21.1 Å². The van der Waals surface area contributed by atoms with Crippen LogP contribution in [0.4, 0.5) is 0 Å². The van der Waals surface area contributed by atoms with Crippen LogP contribution in [0.25, 0.3) is 17.3 Å². The van der Waals surface area contributed by atoms with Crippen LogP contribution in [0.15, 0.2) is 61.1 Å². The first-order valence-electron chi connectivity index (χ1n) is 9.48. The van der Waals surface area contributed by atoms with E-state index in [0.717, 1.165) is 28.2 Å². The van der Waals surface area contributed by atoms with Crippen LogP contribution in [0.5, 0.6) is 11.5 Å². The average molecular weight is 422 g/mol. The Kier molecular flexibility index (Phi) is 5.95. The Morgan fingerprint density at radius 2 is 2.13 bits per heavy atom. The zero-order chi connectivity index (χ0) is 20.9. The van der Waals surface area contributed by atoms with Crippen LogP contribution >= 0.6 is 11.6 Å². The number of rotatable bonds is 6. The third-order valence-corrected chi connectivity index (χ3v) is 4.97. The van der Waals surface area contributed by atoms with Gasteiger partial charge in [0, 0.05) is 41.0 Å². The van der Waals surface area contributed by atoms with E-state index in [1.807, 2.05) is 36.4 Å². The van der Waals surface area contributed by atoms with Gasteiger partial charge >= 0.3 is 0 Å². The summed E-state index contributed by atoms with van der Waals surface area (Å²) in [6.45, 7) is 0.387. The van der Waals surface area contributed by atoms with Gasteiger partial charge in [0.1, 0.15) is 17.6 Å². The van der Waals surface area contributed by atoms with Crippen molar-refractivity contribution in [3.8, 4) is 22.8 Å². The van der Waals surface area contributed by atoms with Crippen molar-refractivity contribution in [3.05, 3.63) is 77.2 Å². The Morgan fingerprint density at radius 3 is 2.87 bits per heavy atom. The number of aromatic nitrogens is 2. The average Bonchev–Trinajstić information content (AvgIpc) is 3.19. The van der Waals surface area contributed by atoms with Crippen LogP contribution in [-0.2, 0) is 11.2 Å². The minimum absolute atomic E-state index is 0.174. The topological polar surface area (TPSA) is 73.3 Å². The number of amides is 1. The number of hydrogen-bond donors (Lipinski definition) is 1. The van der Waals surface area contributed by atoms with E-state index < -0.39 is 0 Å². The SMILES string of the molecule is COc1ccc(/C=C/C(=O)NCC2Cc3cc(Cl)cc(-c4cnccn4)c3O2)cc1. The number of hydrogen-bond acceptors (Lipinski definition) is 5. The number of benzene rings is 2. The maximum absolute atomic E-state index is 12.2. The lowest BCUT2D eigenvalue weighted by Gasteiger charge is -2.12. The maximum atomic E-state index is 12.2.